The number of para-hydroxylation sites is 1. The number of benzene rings is 1. The van der Waals surface area contributed by atoms with Crippen molar-refractivity contribution in [3.63, 3.8) is 0 Å². The van der Waals surface area contributed by atoms with Crippen LogP contribution in [0.5, 0.6) is 0 Å². The topological polar surface area (TPSA) is 36.9 Å². The highest BCUT2D eigenvalue weighted by molar-refractivity contribution is 5.97. The fourth-order valence-corrected chi connectivity index (χ4v) is 3.05. The lowest BCUT2D eigenvalue weighted by molar-refractivity contribution is 0.163. The molecule has 1 N–H and O–H groups in total. The molecule has 1 saturated heterocycles. The van der Waals surface area contributed by atoms with E-state index in [4.69, 9.17) is 9.73 Å². The highest BCUT2D eigenvalue weighted by Crippen LogP contribution is 2.30. The van der Waals surface area contributed by atoms with Crippen molar-refractivity contribution in [3.8, 4) is 0 Å². The zero-order valence-corrected chi connectivity index (χ0v) is 13.1. The Labute approximate surface area is 127 Å². The molecule has 2 aliphatic rings. The quantitative estimate of drug-likeness (QED) is 0.685. The monoisotopic (exact) mass is 287 g/mol. The Balaban J connectivity index is 1.79. The molecule has 0 radical (unpaired) electrons. The normalized spacial score (nSPS) is 25.2. The summed E-state index contributed by atoms with van der Waals surface area (Å²) >= 11 is 0. The maximum absolute atomic E-state index is 5.53. The molecule has 0 aromatic heterocycles. The molecule has 0 spiro atoms. The number of anilines is 1. The van der Waals surface area contributed by atoms with Crippen LogP contribution in [0.1, 0.15) is 25.8 Å². The lowest BCUT2D eigenvalue weighted by atomic mass is 9.90. The van der Waals surface area contributed by atoms with Crippen molar-refractivity contribution < 1.29 is 4.74 Å². The maximum atomic E-state index is 5.53. The summed E-state index contributed by atoms with van der Waals surface area (Å²) < 4.78 is 5.53. The maximum Gasteiger partial charge on any atom is 0.198 e. The van der Waals surface area contributed by atoms with Gasteiger partial charge in [0.05, 0.1) is 13.2 Å². The molecule has 1 aromatic rings. The van der Waals surface area contributed by atoms with E-state index in [-0.39, 0.29) is 5.41 Å². The van der Waals surface area contributed by atoms with E-state index in [0.29, 0.717) is 0 Å². The number of hydrogen-bond acceptors (Lipinski definition) is 2. The third-order valence-corrected chi connectivity index (χ3v) is 4.39. The second-order valence-electron chi connectivity index (χ2n) is 6.31. The molecule has 4 heteroatoms. The first-order chi connectivity index (χ1) is 10.2. The Bertz CT molecular complexity index is 521. The van der Waals surface area contributed by atoms with E-state index < -0.39 is 0 Å². The van der Waals surface area contributed by atoms with Crippen LogP contribution in [0.4, 0.5) is 5.69 Å². The summed E-state index contributed by atoms with van der Waals surface area (Å²) in [5.74, 6) is 1.01. The van der Waals surface area contributed by atoms with E-state index in [0.717, 1.165) is 51.6 Å². The minimum Gasteiger partial charge on any atom is -0.381 e. The molecular weight excluding hydrogens is 262 g/mol. The van der Waals surface area contributed by atoms with Crippen LogP contribution in [-0.2, 0) is 11.2 Å². The third-order valence-electron chi connectivity index (χ3n) is 4.39. The van der Waals surface area contributed by atoms with Gasteiger partial charge in [-0.05, 0) is 31.4 Å². The summed E-state index contributed by atoms with van der Waals surface area (Å²) in [4.78, 5) is 7.22. The van der Waals surface area contributed by atoms with E-state index in [1.165, 1.54) is 11.3 Å². The number of rotatable bonds is 3. The van der Waals surface area contributed by atoms with E-state index in [9.17, 15) is 0 Å². The van der Waals surface area contributed by atoms with Gasteiger partial charge in [0.1, 0.15) is 0 Å². The Morgan fingerprint density at radius 1 is 1.43 bits per heavy atom. The summed E-state index contributed by atoms with van der Waals surface area (Å²) in [7, 11) is 0. The second-order valence-corrected chi connectivity index (χ2v) is 6.31. The summed E-state index contributed by atoms with van der Waals surface area (Å²) in [6.45, 7) is 8.82. The summed E-state index contributed by atoms with van der Waals surface area (Å²) in [5, 5.41) is 3.44. The van der Waals surface area contributed by atoms with Crippen LogP contribution in [0.15, 0.2) is 29.3 Å². The summed E-state index contributed by atoms with van der Waals surface area (Å²) in [6, 6.07) is 8.62. The van der Waals surface area contributed by atoms with E-state index in [1.807, 2.05) is 0 Å². The molecule has 2 aliphatic heterocycles. The van der Waals surface area contributed by atoms with Crippen molar-refractivity contribution in [1.29, 1.82) is 0 Å². The molecule has 3 rings (SSSR count). The number of guanidine groups is 1. The first-order valence-electron chi connectivity index (χ1n) is 7.93. The van der Waals surface area contributed by atoms with Crippen molar-refractivity contribution in [3.05, 3.63) is 29.8 Å². The van der Waals surface area contributed by atoms with Crippen LogP contribution in [0.3, 0.4) is 0 Å². The first-order valence-corrected chi connectivity index (χ1v) is 7.93. The van der Waals surface area contributed by atoms with Crippen molar-refractivity contribution in [2.24, 2.45) is 10.4 Å². The number of aliphatic imine (C=N–C) groups is 1. The average molecular weight is 287 g/mol. The van der Waals surface area contributed by atoms with Crippen LogP contribution in [-0.4, -0.2) is 38.8 Å². The summed E-state index contributed by atoms with van der Waals surface area (Å²) in [5.41, 5.74) is 2.91. The van der Waals surface area contributed by atoms with Gasteiger partial charge in [0.15, 0.2) is 5.96 Å². The zero-order valence-electron chi connectivity index (χ0n) is 13.1. The number of nitrogens with one attached hydrogen (secondary N) is 1. The van der Waals surface area contributed by atoms with Crippen LogP contribution in [0.25, 0.3) is 0 Å². The van der Waals surface area contributed by atoms with Gasteiger partial charge in [-0.25, -0.2) is 0 Å². The van der Waals surface area contributed by atoms with Crippen molar-refractivity contribution in [1.82, 2.24) is 5.32 Å². The van der Waals surface area contributed by atoms with Gasteiger partial charge >= 0.3 is 0 Å². The van der Waals surface area contributed by atoms with Gasteiger partial charge in [-0.1, -0.05) is 25.1 Å². The molecule has 1 fully saturated rings. The lowest BCUT2D eigenvalue weighted by Gasteiger charge is -2.25. The molecule has 0 bridgehead atoms. The zero-order chi connectivity index (χ0) is 14.7. The Morgan fingerprint density at radius 2 is 2.29 bits per heavy atom. The smallest absolute Gasteiger partial charge is 0.198 e. The number of ether oxygens (including phenoxy) is 1. The molecule has 1 unspecified atom stereocenters. The third kappa shape index (κ3) is 3.05. The minimum atomic E-state index is 0.194. The molecule has 21 heavy (non-hydrogen) atoms. The molecule has 0 aliphatic carbocycles. The van der Waals surface area contributed by atoms with Crippen molar-refractivity contribution >= 4 is 11.6 Å². The van der Waals surface area contributed by atoms with Crippen LogP contribution >= 0.6 is 0 Å². The van der Waals surface area contributed by atoms with Gasteiger partial charge in [0.2, 0.25) is 0 Å². The van der Waals surface area contributed by atoms with Crippen LogP contribution in [0.2, 0.25) is 0 Å². The second kappa shape index (κ2) is 6.06. The van der Waals surface area contributed by atoms with E-state index >= 15 is 0 Å². The van der Waals surface area contributed by atoms with Crippen LogP contribution in [0, 0.1) is 5.41 Å². The molecule has 0 saturated carbocycles. The standard InChI is InChI=1S/C17H25N3O/c1-3-18-16(19-12-17(2)9-11-21-13-17)20-10-8-14-6-4-5-7-15(14)20/h4-7H,3,8-13H2,1-2H3,(H,18,19). The van der Waals surface area contributed by atoms with Gasteiger partial charge in [0, 0.05) is 30.8 Å². The van der Waals surface area contributed by atoms with E-state index in [1.54, 1.807) is 0 Å². The SMILES string of the molecule is CCNC(=NCC1(C)CCOC1)N1CCc2ccccc21. The highest BCUT2D eigenvalue weighted by atomic mass is 16.5. The summed E-state index contributed by atoms with van der Waals surface area (Å²) in [6.07, 6.45) is 2.20. The average Bonchev–Trinajstić information content (AvgIpc) is 3.11. The predicted molar refractivity (Wildman–Crippen MR) is 87.0 cm³/mol. The molecule has 1 atom stereocenters. The molecular formula is C17H25N3O. The Morgan fingerprint density at radius 3 is 3.05 bits per heavy atom. The molecule has 114 valence electrons. The van der Waals surface area contributed by atoms with Gasteiger partial charge < -0.3 is 15.0 Å². The van der Waals surface area contributed by atoms with Crippen molar-refractivity contribution in [2.75, 3.05) is 37.7 Å². The van der Waals surface area contributed by atoms with Gasteiger partial charge in [-0.3, -0.25) is 4.99 Å². The fraction of sp³-hybridized carbons (Fsp3) is 0.588. The highest BCUT2D eigenvalue weighted by Gasteiger charge is 2.30. The number of fused-ring (bicyclic) bond motifs is 1. The Hall–Kier alpha value is -1.55. The molecule has 2 heterocycles. The van der Waals surface area contributed by atoms with Crippen molar-refractivity contribution in [2.45, 2.75) is 26.7 Å². The fourth-order valence-electron chi connectivity index (χ4n) is 3.05. The number of nitrogens with zero attached hydrogens (tertiary/aromatic N) is 2. The van der Waals surface area contributed by atoms with Gasteiger partial charge in [-0.15, -0.1) is 0 Å². The minimum absolute atomic E-state index is 0.194. The predicted octanol–water partition coefficient (Wildman–Crippen LogP) is 2.44. The first kappa shape index (κ1) is 14.4. The number of hydrogen-bond donors (Lipinski definition) is 1. The molecule has 1 aromatic carbocycles. The Kier molecular flexibility index (Phi) is 4.15. The van der Waals surface area contributed by atoms with Gasteiger partial charge in [-0.2, -0.15) is 0 Å². The lowest BCUT2D eigenvalue weighted by Crippen LogP contribution is -2.41. The van der Waals surface area contributed by atoms with Gasteiger partial charge in [0.25, 0.3) is 0 Å². The van der Waals surface area contributed by atoms with Crippen LogP contribution < -0.4 is 10.2 Å². The van der Waals surface area contributed by atoms with E-state index in [2.05, 4.69) is 48.3 Å². The largest absolute Gasteiger partial charge is 0.381 e. The molecule has 4 nitrogen and oxygen atoms in total. The molecule has 0 amide bonds.